The highest BCUT2D eigenvalue weighted by Crippen LogP contribution is 2.16. The van der Waals surface area contributed by atoms with E-state index in [1.165, 1.54) is 11.8 Å². The number of thioether (sulfide) groups is 1. The van der Waals surface area contributed by atoms with E-state index < -0.39 is 12.0 Å². The third-order valence-corrected chi connectivity index (χ3v) is 3.92. The van der Waals surface area contributed by atoms with Gasteiger partial charge < -0.3 is 10.4 Å². The molecule has 0 heterocycles. The molecule has 0 aliphatic carbocycles. The molecule has 1 amide bonds. The monoisotopic (exact) mass is 281 g/mol. The van der Waals surface area contributed by atoms with Crippen molar-refractivity contribution in [1.29, 1.82) is 0 Å². The molecular formula is C14H19NO3S. The first-order valence-electron chi connectivity index (χ1n) is 6.24. The summed E-state index contributed by atoms with van der Waals surface area (Å²) in [6.07, 6.45) is 0.711. The first-order valence-corrected chi connectivity index (χ1v) is 7.23. The van der Waals surface area contributed by atoms with Crippen LogP contribution in [0.4, 0.5) is 0 Å². The first-order chi connectivity index (χ1) is 9.04. The normalized spacial score (nSPS) is 13.6. The Kier molecular flexibility index (Phi) is 6.42. The van der Waals surface area contributed by atoms with Crippen molar-refractivity contribution >= 4 is 23.6 Å². The van der Waals surface area contributed by atoms with Crippen molar-refractivity contribution in [2.45, 2.75) is 31.2 Å². The first kappa shape index (κ1) is 15.6. The van der Waals surface area contributed by atoms with E-state index in [-0.39, 0.29) is 17.6 Å². The summed E-state index contributed by atoms with van der Waals surface area (Å²) in [6.45, 7) is 3.73. The zero-order valence-corrected chi connectivity index (χ0v) is 11.9. The molecule has 0 bridgehead atoms. The zero-order chi connectivity index (χ0) is 14.3. The molecule has 0 radical (unpaired) electrons. The summed E-state index contributed by atoms with van der Waals surface area (Å²) < 4.78 is 0. The molecule has 2 atom stereocenters. The molecule has 4 nitrogen and oxygen atoms in total. The number of carbonyl (C=O) groups excluding carboxylic acids is 1. The molecule has 0 spiro atoms. The van der Waals surface area contributed by atoms with Crippen LogP contribution in [0.25, 0.3) is 0 Å². The summed E-state index contributed by atoms with van der Waals surface area (Å²) in [5, 5.41) is 11.7. The Bertz CT molecular complexity index is 422. The van der Waals surface area contributed by atoms with Gasteiger partial charge in [-0.05, 0) is 18.1 Å². The fraction of sp³-hybridized carbons (Fsp3) is 0.429. The number of carbonyl (C=O) groups is 2. The van der Waals surface area contributed by atoms with Gasteiger partial charge in [0, 0.05) is 4.90 Å². The van der Waals surface area contributed by atoms with Crippen molar-refractivity contribution in [1.82, 2.24) is 5.32 Å². The number of carboxylic acids is 1. The molecule has 0 fully saturated rings. The number of amides is 1. The van der Waals surface area contributed by atoms with Crippen LogP contribution in [-0.2, 0) is 9.59 Å². The largest absolute Gasteiger partial charge is 0.480 e. The summed E-state index contributed by atoms with van der Waals surface area (Å²) in [4.78, 5) is 23.8. The Morgan fingerprint density at radius 1 is 1.32 bits per heavy atom. The number of carboxylic acid groups (broad SMARTS) is 1. The van der Waals surface area contributed by atoms with Crippen molar-refractivity contribution in [2.24, 2.45) is 5.92 Å². The van der Waals surface area contributed by atoms with Crippen LogP contribution >= 0.6 is 11.8 Å². The summed E-state index contributed by atoms with van der Waals surface area (Å²) >= 11 is 1.40. The second kappa shape index (κ2) is 7.84. The molecule has 0 unspecified atom stereocenters. The van der Waals surface area contributed by atoms with Gasteiger partial charge in [-0.3, -0.25) is 4.79 Å². The van der Waals surface area contributed by atoms with Gasteiger partial charge in [-0.1, -0.05) is 38.5 Å². The lowest BCUT2D eigenvalue weighted by atomic mass is 9.99. The summed E-state index contributed by atoms with van der Waals surface area (Å²) in [5.41, 5.74) is 0. The maximum Gasteiger partial charge on any atom is 0.326 e. The van der Waals surface area contributed by atoms with E-state index >= 15 is 0 Å². The van der Waals surface area contributed by atoms with Crippen molar-refractivity contribution in [3.05, 3.63) is 30.3 Å². The van der Waals surface area contributed by atoms with Gasteiger partial charge in [-0.15, -0.1) is 11.8 Å². The lowest BCUT2D eigenvalue weighted by Gasteiger charge is -2.19. The third kappa shape index (κ3) is 5.34. The minimum atomic E-state index is -0.979. The fourth-order valence-electron chi connectivity index (χ4n) is 1.56. The Labute approximate surface area is 117 Å². The van der Waals surface area contributed by atoms with E-state index in [4.69, 9.17) is 5.11 Å². The molecule has 1 aromatic carbocycles. The molecule has 2 N–H and O–H groups in total. The minimum absolute atomic E-state index is 0.0804. The maximum absolute atomic E-state index is 11.8. The number of aliphatic carboxylic acids is 1. The van der Waals surface area contributed by atoms with Crippen LogP contribution in [0.2, 0.25) is 0 Å². The van der Waals surface area contributed by atoms with Gasteiger partial charge >= 0.3 is 5.97 Å². The number of rotatable bonds is 7. The minimum Gasteiger partial charge on any atom is -0.480 e. The van der Waals surface area contributed by atoms with Crippen LogP contribution in [0.5, 0.6) is 0 Å². The van der Waals surface area contributed by atoms with Gasteiger partial charge in [0.2, 0.25) is 5.91 Å². The van der Waals surface area contributed by atoms with Crippen molar-refractivity contribution in [2.75, 3.05) is 5.75 Å². The Morgan fingerprint density at radius 2 is 1.95 bits per heavy atom. The van der Waals surface area contributed by atoms with E-state index in [9.17, 15) is 9.59 Å². The van der Waals surface area contributed by atoms with Crippen LogP contribution in [0.1, 0.15) is 20.3 Å². The third-order valence-electron chi connectivity index (χ3n) is 2.91. The molecule has 0 saturated carbocycles. The average Bonchev–Trinajstić information content (AvgIpc) is 2.42. The van der Waals surface area contributed by atoms with E-state index in [0.29, 0.717) is 6.42 Å². The molecule has 104 valence electrons. The quantitative estimate of drug-likeness (QED) is 0.753. The van der Waals surface area contributed by atoms with Gasteiger partial charge in [-0.25, -0.2) is 4.79 Å². The molecule has 0 aliphatic rings. The summed E-state index contributed by atoms with van der Waals surface area (Å²) in [5.74, 6) is -1.08. The molecule has 1 rings (SSSR count). The molecule has 0 saturated heterocycles. The zero-order valence-electron chi connectivity index (χ0n) is 11.1. The standard InChI is InChI=1S/C14H19NO3S/c1-3-10(2)13(14(17)18)15-12(16)9-19-11-7-5-4-6-8-11/h4-8,10,13H,3,9H2,1-2H3,(H,15,16)(H,17,18)/t10-,13-/m0/s1. The number of hydrogen-bond acceptors (Lipinski definition) is 3. The second-order valence-corrected chi connectivity index (χ2v) is 5.42. The highest BCUT2D eigenvalue weighted by molar-refractivity contribution is 8.00. The number of nitrogens with one attached hydrogen (secondary N) is 1. The lowest BCUT2D eigenvalue weighted by Crippen LogP contribution is -2.45. The van der Waals surface area contributed by atoms with Crippen molar-refractivity contribution < 1.29 is 14.7 Å². The maximum atomic E-state index is 11.8. The van der Waals surface area contributed by atoms with E-state index in [0.717, 1.165) is 4.90 Å². The Morgan fingerprint density at radius 3 is 2.47 bits per heavy atom. The molecule has 5 heteroatoms. The highest BCUT2D eigenvalue weighted by Gasteiger charge is 2.24. The van der Waals surface area contributed by atoms with Crippen LogP contribution in [0.15, 0.2) is 35.2 Å². The molecule has 19 heavy (non-hydrogen) atoms. The van der Waals surface area contributed by atoms with E-state index in [1.807, 2.05) is 44.2 Å². The molecule has 0 aromatic heterocycles. The molecule has 0 aliphatic heterocycles. The van der Waals surface area contributed by atoms with Gasteiger partial charge in [0.15, 0.2) is 0 Å². The van der Waals surface area contributed by atoms with E-state index in [2.05, 4.69) is 5.32 Å². The predicted octanol–water partition coefficient (Wildman–Crippen LogP) is 2.39. The number of hydrogen-bond donors (Lipinski definition) is 2. The molecular weight excluding hydrogens is 262 g/mol. The van der Waals surface area contributed by atoms with Gasteiger partial charge in [0.1, 0.15) is 6.04 Å². The highest BCUT2D eigenvalue weighted by atomic mass is 32.2. The summed E-state index contributed by atoms with van der Waals surface area (Å²) in [7, 11) is 0. The fourth-order valence-corrected chi connectivity index (χ4v) is 2.29. The average molecular weight is 281 g/mol. The van der Waals surface area contributed by atoms with Gasteiger partial charge in [-0.2, -0.15) is 0 Å². The summed E-state index contributed by atoms with van der Waals surface area (Å²) in [6, 6.07) is 8.74. The second-order valence-electron chi connectivity index (χ2n) is 4.37. The van der Waals surface area contributed by atoms with Crippen LogP contribution < -0.4 is 5.32 Å². The number of benzene rings is 1. The smallest absolute Gasteiger partial charge is 0.326 e. The van der Waals surface area contributed by atoms with E-state index in [1.54, 1.807) is 0 Å². The predicted molar refractivity (Wildman–Crippen MR) is 76.2 cm³/mol. The lowest BCUT2D eigenvalue weighted by molar-refractivity contribution is -0.143. The van der Waals surface area contributed by atoms with Crippen molar-refractivity contribution in [3.63, 3.8) is 0 Å². The Hall–Kier alpha value is -1.49. The Balaban J connectivity index is 2.47. The van der Waals surface area contributed by atoms with Crippen LogP contribution in [0.3, 0.4) is 0 Å². The SMILES string of the molecule is CC[C@H](C)[C@H](NC(=O)CSc1ccccc1)C(=O)O. The van der Waals surface area contributed by atoms with Gasteiger partial charge in [0.25, 0.3) is 0 Å². The van der Waals surface area contributed by atoms with Crippen molar-refractivity contribution in [3.8, 4) is 0 Å². The van der Waals surface area contributed by atoms with Crippen LogP contribution in [-0.4, -0.2) is 28.8 Å². The van der Waals surface area contributed by atoms with Crippen LogP contribution in [0, 0.1) is 5.92 Å². The molecule has 1 aromatic rings. The topological polar surface area (TPSA) is 66.4 Å². The van der Waals surface area contributed by atoms with Gasteiger partial charge in [0.05, 0.1) is 5.75 Å².